The number of amides is 1. The molecule has 0 aliphatic heterocycles. The molecule has 0 fully saturated rings. The second-order valence-corrected chi connectivity index (χ2v) is 9.46. The molecule has 0 saturated heterocycles. The fraction of sp³-hybridized carbons (Fsp3) is 0.263. The third-order valence-corrected chi connectivity index (χ3v) is 5.76. The number of hydrogen-bond acceptors (Lipinski definition) is 8. The van der Waals surface area contributed by atoms with Crippen LogP contribution in [0.25, 0.3) is 10.6 Å². The molecule has 0 aliphatic carbocycles. The van der Waals surface area contributed by atoms with Gasteiger partial charge >= 0.3 is 12.1 Å². The van der Waals surface area contributed by atoms with Crippen molar-refractivity contribution in [1.29, 1.82) is 0 Å². The van der Waals surface area contributed by atoms with Crippen molar-refractivity contribution in [3.63, 3.8) is 0 Å². The summed E-state index contributed by atoms with van der Waals surface area (Å²) < 4.78 is 40.6. The van der Waals surface area contributed by atoms with Crippen LogP contribution in [0.1, 0.15) is 36.8 Å². The monoisotopic (exact) mass is 486 g/mol. The number of anilines is 3. The second-order valence-electron chi connectivity index (χ2n) is 7.60. The van der Waals surface area contributed by atoms with E-state index in [1.165, 1.54) is 23.6 Å². The average molecular weight is 486 g/mol. The van der Waals surface area contributed by atoms with Gasteiger partial charge in [-0.2, -0.15) is 13.2 Å². The molecule has 0 aliphatic rings. The Morgan fingerprint density at radius 2 is 1.78 bits per heavy atom. The Balaban J connectivity index is 1.91. The topological polar surface area (TPSA) is 124 Å². The van der Waals surface area contributed by atoms with Crippen molar-refractivity contribution in [3.8, 4) is 16.3 Å². The van der Waals surface area contributed by atoms with Crippen molar-refractivity contribution in [2.75, 3.05) is 10.6 Å². The third-order valence-electron chi connectivity index (χ3n) is 4.01. The van der Waals surface area contributed by atoms with E-state index in [2.05, 4.69) is 20.6 Å². The summed E-state index contributed by atoms with van der Waals surface area (Å²) in [7, 11) is 0. The maximum Gasteiger partial charge on any atom is 0.434 e. The van der Waals surface area contributed by atoms with Gasteiger partial charge in [0.1, 0.15) is 11.3 Å². The molecule has 8 nitrogen and oxygen atoms in total. The first kappa shape index (κ1) is 23.5. The largest absolute Gasteiger partial charge is 0.507 e. The number of benzene rings is 1. The lowest BCUT2D eigenvalue weighted by molar-refractivity contribution is -0.140. The van der Waals surface area contributed by atoms with Crippen LogP contribution in [0.2, 0.25) is 0 Å². The lowest BCUT2D eigenvalue weighted by Crippen LogP contribution is -2.27. The van der Waals surface area contributed by atoms with Crippen molar-refractivity contribution >= 4 is 50.5 Å². The second kappa shape index (κ2) is 8.39. The van der Waals surface area contributed by atoms with Crippen LogP contribution in [-0.4, -0.2) is 32.1 Å². The zero-order valence-electron chi connectivity index (χ0n) is 16.9. The number of thiazole rings is 2. The zero-order valence-corrected chi connectivity index (χ0v) is 18.5. The van der Waals surface area contributed by atoms with Crippen molar-refractivity contribution < 1.29 is 33.0 Å². The van der Waals surface area contributed by atoms with Crippen LogP contribution in [0.3, 0.4) is 0 Å². The molecule has 32 heavy (non-hydrogen) atoms. The number of nitrogens with zero attached hydrogens (tertiary/aromatic N) is 2. The SMILES string of the molecule is CC(C)(C)C(=O)Nc1nc(C(F)(F)F)c(-c2csc(Nc3ccc(O)c(C(=O)O)c3)n2)s1. The summed E-state index contributed by atoms with van der Waals surface area (Å²) in [4.78, 5) is 30.7. The van der Waals surface area contributed by atoms with Crippen LogP contribution in [0.4, 0.5) is 29.1 Å². The molecule has 2 heterocycles. The van der Waals surface area contributed by atoms with Gasteiger partial charge in [0.2, 0.25) is 5.91 Å². The van der Waals surface area contributed by atoms with E-state index in [1.807, 2.05) is 0 Å². The number of aromatic nitrogens is 2. The van der Waals surface area contributed by atoms with E-state index in [0.29, 0.717) is 11.3 Å². The molecular weight excluding hydrogens is 469 g/mol. The summed E-state index contributed by atoms with van der Waals surface area (Å²) >= 11 is 1.65. The van der Waals surface area contributed by atoms with E-state index in [0.717, 1.165) is 11.3 Å². The minimum atomic E-state index is -4.76. The number of alkyl halides is 3. The van der Waals surface area contributed by atoms with Gasteiger partial charge in [0.15, 0.2) is 16.0 Å². The predicted molar refractivity (Wildman–Crippen MR) is 115 cm³/mol. The van der Waals surface area contributed by atoms with E-state index in [9.17, 15) is 27.9 Å². The number of carbonyl (C=O) groups excluding carboxylic acids is 1. The highest BCUT2D eigenvalue weighted by atomic mass is 32.1. The van der Waals surface area contributed by atoms with Gasteiger partial charge in [-0.1, -0.05) is 32.1 Å². The van der Waals surface area contributed by atoms with Gasteiger partial charge in [-0.15, -0.1) is 11.3 Å². The highest BCUT2D eigenvalue weighted by Gasteiger charge is 2.39. The van der Waals surface area contributed by atoms with Gasteiger partial charge in [-0.05, 0) is 18.2 Å². The molecule has 0 spiro atoms. The average Bonchev–Trinajstić information content (AvgIpc) is 3.29. The van der Waals surface area contributed by atoms with Gasteiger partial charge in [-0.3, -0.25) is 4.79 Å². The minimum absolute atomic E-state index is 0.00387. The summed E-state index contributed by atoms with van der Waals surface area (Å²) in [5.41, 5.74) is -2.05. The smallest absolute Gasteiger partial charge is 0.434 e. The van der Waals surface area contributed by atoms with Crippen LogP contribution in [0, 0.1) is 5.41 Å². The van der Waals surface area contributed by atoms with Gasteiger partial charge in [0.25, 0.3) is 0 Å². The summed E-state index contributed by atoms with van der Waals surface area (Å²) in [5, 5.41) is 25.3. The lowest BCUT2D eigenvalue weighted by Gasteiger charge is -2.15. The first-order valence-corrected chi connectivity index (χ1v) is 10.6. The van der Waals surface area contributed by atoms with E-state index in [4.69, 9.17) is 5.11 Å². The van der Waals surface area contributed by atoms with E-state index < -0.39 is 34.9 Å². The Kier molecular flexibility index (Phi) is 6.15. The first-order chi connectivity index (χ1) is 14.8. The molecule has 1 amide bonds. The molecule has 2 aromatic heterocycles. The summed E-state index contributed by atoms with van der Waals surface area (Å²) in [6.45, 7) is 4.87. The summed E-state index contributed by atoms with van der Waals surface area (Å²) in [6, 6.07) is 3.75. The molecule has 0 unspecified atom stereocenters. The first-order valence-electron chi connectivity index (χ1n) is 8.94. The Bertz CT molecular complexity index is 1180. The van der Waals surface area contributed by atoms with Crippen LogP contribution < -0.4 is 10.6 Å². The van der Waals surface area contributed by atoms with Crippen LogP contribution in [0.5, 0.6) is 5.75 Å². The van der Waals surface area contributed by atoms with Crippen LogP contribution >= 0.6 is 22.7 Å². The summed E-state index contributed by atoms with van der Waals surface area (Å²) in [5.74, 6) is -2.24. The van der Waals surface area contributed by atoms with E-state index >= 15 is 0 Å². The molecular formula is C19H17F3N4O4S2. The van der Waals surface area contributed by atoms with Gasteiger partial charge in [0, 0.05) is 16.5 Å². The normalized spacial score (nSPS) is 11.9. The number of aromatic hydroxyl groups is 1. The Labute approximate surface area is 187 Å². The number of nitrogens with one attached hydrogen (secondary N) is 2. The number of phenols is 1. The molecule has 1 aromatic carbocycles. The molecule has 170 valence electrons. The predicted octanol–water partition coefficient (Wildman–Crippen LogP) is 5.42. The van der Waals surface area contributed by atoms with Gasteiger partial charge < -0.3 is 20.8 Å². The van der Waals surface area contributed by atoms with E-state index in [1.54, 1.807) is 20.8 Å². The Hall–Kier alpha value is -3.19. The fourth-order valence-electron chi connectivity index (χ4n) is 2.37. The highest BCUT2D eigenvalue weighted by Crippen LogP contribution is 2.43. The van der Waals surface area contributed by atoms with Crippen molar-refractivity contribution in [3.05, 3.63) is 34.8 Å². The fourth-order valence-corrected chi connectivity index (χ4v) is 4.11. The standard InChI is InChI=1S/C19H17F3N4O4S2/c1-18(2,3)15(30)26-17-25-13(19(20,21)22)12(32-17)10-7-31-16(24-10)23-8-4-5-11(27)9(6-8)14(28)29/h4-7,27H,1-3H3,(H,23,24)(H,28,29)(H,25,26,30). The van der Waals surface area contributed by atoms with Crippen molar-refractivity contribution in [2.45, 2.75) is 26.9 Å². The molecule has 13 heteroatoms. The molecule has 4 N–H and O–H groups in total. The number of carbonyl (C=O) groups is 2. The maximum absolute atomic E-state index is 13.5. The highest BCUT2D eigenvalue weighted by molar-refractivity contribution is 7.20. The third kappa shape index (κ3) is 5.16. The number of aromatic carboxylic acids is 1. The Morgan fingerprint density at radius 1 is 1.09 bits per heavy atom. The minimum Gasteiger partial charge on any atom is -0.507 e. The number of carboxylic acids is 1. The molecule has 3 aromatic rings. The number of halogens is 3. The maximum atomic E-state index is 13.5. The molecule has 0 atom stereocenters. The molecule has 0 bridgehead atoms. The number of hydrogen-bond donors (Lipinski definition) is 4. The van der Waals surface area contributed by atoms with Gasteiger partial charge in [0.05, 0.1) is 10.6 Å². The van der Waals surface area contributed by atoms with Crippen molar-refractivity contribution in [1.82, 2.24) is 9.97 Å². The quantitative estimate of drug-likeness (QED) is 0.355. The molecule has 0 radical (unpaired) electrons. The lowest BCUT2D eigenvalue weighted by atomic mass is 9.96. The molecule has 0 saturated carbocycles. The number of carboxylic acid groups (broad SMARTS) is 1. The zero-order chi connectivity index (χ0) is 23.8. The van der Waals surface area contributed by atoms with Gasteiger partial charge in [-0.25, -0.2) is 14.8 Å². The molecule has 3 rings (SSSR count). The number of rotatable bonds is 5. The van der Waals surface area contributed by atoms with E-state index in [-0.39, 0.29) is 32.1 Å². The van der Waals surface area contributed by atoms with Crippen LogP contribution in [0.15, 0.2) is 23.6 Å². The Morgan fingerprint density at radius 3 is 2.38 bits per heavy atom. The van der Waals surface area contributed by atoms with Crippen molar-refractivity contribution in [2.24, 2.45) is 5.41 Å². The summed E-state index contributed by atoms with van der Waals surface area (Å²) in [6.07, 6.45) is -4.76. The van der Waals surface area contributed by atoms with Crippen LogP contribution in [-0.2, 0) is 11.0 Å².